The second-order valence-corrected chi connectivity index (χ2v) is 6.26. The monoisotopic (exact) mass is 282 g/mol. The summed E-state index contributed by atoms with van der Waals surface area (Å²) in [6, 6.07) is 0. The predicted octanol–water partition coefficient (Wildman–Crippen LogP) is 2.88. The van der Waals surface area contributed by atoms with Crippen molar-refractivity contribution in [3.8, 4) is 0 Å². The summed E-state index contributed by atoms with van der Waals surface area (Å²) in [4.78, 5) is 25.4. The highest BCUT2D eigenvalue weighted by atomic mass is 32.2. The summed E-state index contributed by atoms with van der Waals surface area (Å²) in [6.07, 6.45) is 10.7. The van der Waals surface area contributed by atoms with Gasteiger partial charge >= 0.3 is 0 Å². The highest BCUT2D eigenvalue weighted by Crippen LogP contribution is 2.32. The van der Waals surface area contributed by atoms with Crippen LogP contribution in [-0.2, 0) is 4.79 Å². The minimum absolute atomic E-state index is 0.163. The van der Waals surface area contributed by atoms with Crippen LogP contribution in [0.3, 0.4) is 0 Å². The van der Waals surface area contributed by atoms with Gasteiger partial charge in [-0.15, -0.1) is 0 Å². The van der Waals surface area contributed by atoms with E-state index < -0.39 is 0 Å². The first-order valence-electron chi connectivity index (χ1n) is 7.16. The van der Waals surface area contributed by atoms with Crippen LogP contribution in [0.15, 0.2) is 11.0 Å². The summed E-state index contributed by atoms with van der Waals surface area (Å²) in [5.41, 5.74) is 5.40. The average Bonchev–Trinajstić information content (AvgIpc) is 2.68. The smallest absolute Gasteiger partial charge is 0.293 e. The minimum Gasteiger partial charge on any atom is -0.329 e. The molecule has 0 aromatic carbocycles. The van der Waals surface area contributed by atoms with E-state index in [4.69, 9.17) is 5.73 Å². The fourth-order valence-corrected chi connectivity index (χ4v) is 3.66. The lowest BCUT2D eigenvalue weighted by Gasteiger charge is -2.20. The Kier molecular flexibility index (Phi) is 5.45. The molecule has 4 nitrogen and oxygen atoms in total. The lowest BCUT2D eigenvalue weighted by molar-refractivity contribution is -0.122. The quantitative estimate of drug-likeness (QED) is 0.788. The van der Waals surface area contributed by atoms with Gasteiger partial charge in [0.2, 0.25) is 0 Å². The van der Waals surface area contributed by atoms with E-state index in [9.17, 15) is 9.59 Å². The average molecular weight is 282 g/mol. The van der Waals surface area contributed by atoms with E-state index in [2.05, 4.69) is 0 Å². The molecule has 2 rings (SSSR count). The molecule has 0 bridgehead atoms. The number of hydrogen-bond acceptors (Lipinski definition) is 4. The third-order valence-electron chi connectivity index (χ3n) is 3.86. The van der Waals surface area contributed by atoms with Crippen LogP contribution in [-0.4, -0.2) is 29.1 Å². The van der Waals surface area contributed by atoms with Crippen LogP contribution >= 0.6 is 11.8 Å². The van der Waals surface area contributed by atoms with Crippen molar-refractivity contribution >= 4 is 22.9 Å². The SMILES string of the molecule is NCCN1C(=O)SC(=CCCC2CCCCC2)C1=O. The van der Waals surface area contributed by atoms with E-state index in [1.54, 1.807) is 0 Å². The van der Waals surface area contributed by atoms with Crippen LogP contribution in [0.1, 0.15) is 44.9 Å². The van der Waals surface area contributed by atoms with Gasteiger partial charge in [-0.1, -0.05) is 38.2 Å². The van der Waals surface area contributed by atoms with E-state index >= 15 is 0 Å². The van der Waals surface area contributed by atoms with Gasteiger partial charge in [-0.25, -0.2) is 0 Å². The van der Waals surface area contributed by atoms with E-state index in [1.807, 2.05) is 6.08 Å². The van der Waals surface area contributed by atoms with Crippen LogP contribution in [0.4, 0.5) is 4.79 Å². The molecule has 1 heterocycles. The Bertz CT molecular complexity index is 376. The van der Waals surface area contributed by atoms with Gasteiger partial charge < -0.3 is 5.73 Å². The van der Waals surface area contributed by atoms with Crippen LogP contribution in [0.25, 0.3) is 0 Å². The number of carbonyl (C=O) groups is 2. The zero-order valence-electron chi connectivity index (χ0n) is 11.3. The van der Waals surface area contributed by atoms with Gasteiger partial charge in [0.1, 0.15) is 0 Å². The van der Waals surface area contributed by atoms with Crippen LogP contribution in [0.5, 0.6) is 0 Å². The molecule has 2 aliphatic rings. The van der Waals surface area contributed by atoms with Gasteiger partial charge in [0.05, 0.1) is 4.91 Å². The van der Waals surface area contributed by atoms with Crippen LogP contribution < -0.4 is 5.73 Å². The molecule has 0 radical (unpaired) electrons. The molecule has 1 aliphatic carbocycles. The molecule has 0 spiro atoms. The van der Waals surface area contributed by atoms with E-state index in [-0.39, 0.29) is 11.1 Å². The molecule has 1 aliphatic heterocycles. The molecule has 0 aromatic heterocycles. The van der Waals surface area contributed by atoms with Crippen molar-refractivity contribution in [3.05, 3.63) is 11.0 Å². The van der Waals surface area contributed by atoms with E-state index in [1.165, 1.54) is 37.0 Å². The molecule has 2 N–H and O–H groups in total. The number of hydrogen-bond donors (Lipinski definition) is 1. The Morgan fingerprint density at radius 1 is 1.26 bits per heavy atom. The highest BCUT2D eigenvalue weighted by Gasteiger charge is 2.34. The van der Waals surface area contributed by atoms with Crippen molar-refractivity contribution in [1.82, 2.24) is 4.90 Å². The fraction of sp³-hybridized carbons (Fsp3) is 0.714. The molecule has 2 amide bonds. The number of nitrogens with zero attached hydrogens (tertiary/aromatic N) is 1. The fourth-order valence-electron chi connectivity index (χ4n) is 2.79. The van der Waals surface area contributed by atoms with Gasteiger partial charge in [-0.3, -0.25) is 14.5 Å². The maximum absolute atomic E-state index is 11.9. The van der Waals surface area contributed by atoms with Gasteiger partial charge in [0.15, 0.2) is 0 Å². The molecule has 19 heavy (non-hydrogen) atoms. The zero-order chi connectivity index (χ0) is 13.7. The van der Waals surface area contributed by atoms with Crippen molar-refractivity contribution in [2.24, 2.45) is 11.7 Å². The molecule has 5 heteroatoms. The lowest BCUT2D eigenvalue weighted by atomic mass is 9.86. The first-order chi connectivity index (χ1) is 9.22. The number of rotatable bonds is 5. The maximum Gasteiger partial charge on any atom is 0.293 e. The summed E-state index contributed by atoms with van der Waals surface area (Å²) in [5, 5.41) is -0.181. The van der Waals surface area contributed by atoms with Crippen LogP contribution in [0, 0.1) is 5.92 Å². The van der Waals surface area contributed by atoms with E-state index in [0.717, 1.165) is 30.5 Å². The van der Waals surface area contributed by atoms with Gasteiger partial charge in [0.25, 0.3) is 11.1 Å². The normalized spacial score (nSPS) is 23.6. The number of carbonyl (C=O) groups excluding carboxylic acids is 2. The van der Waals surface area contributed by atoms with Crippen molar-refractivity contribution < 1.29 is 9.59 Å². The summed E-state index contributed by atoms with van der Waals surface area (Å²) < 4.78 is 0. The van der Waals surface area contributed by atoms with Gasteiger partial charge in [-0.05, 0) is 30.5 Å². The Morgan fingerprint density at radius 2 is 2.00 bits per heavy atom. The Morgan fingerprint density at radius 3 is 2.68 bits per heavy atom. The second-order valence-electron chi connectivity index (χ2n) is 5.26. The third-order valence-corrected chi connectivity index (χ3v) is 4.81. The molecule has 0 atom stereocenters. The number of imide groups is 1. The van der Waals surface area contributed by atoms with Crippen molar-refractivity contribution in [2.45, 2.75) is 44.9 Å². The molecule has 1 saturated carbocycles. The Balaban J connectivity index is 1.82. The minimum atomic E-state index is -0.181. The third kappa shape index (κ3) is 3.83. The first kappa shape index (κ1) is 14.6. The number of thioether (sulfide) groups is 1. The number of allylic oxidation sites excluding steroid dienone is 1. The van der Waals surface area contributed by atoms with E-state index in [0.29, 0.717) is 18.0 Å². The molecular formula is C14H22N2O2S. The lowest BCUT2D eigenvalue weighted by Crippen LogP contribution is -2.33. The molecule has 1 saturated heterocycles. The summed E-state index contributed by atoms with van der Waals surface area (Å²) in [6.45, 7) is 0.651. The number of nitrogens with two attached hydrogens (primary N) is 1. The molecule has 0 unspecified atom stereocenters. The zero-order valence-corrected chi connectivity index (χ0v) is 12.1. The summed E-state index contributed by atoms with van der Waals surface area (Å²) in [7, 11) is 0. The van der Waals surface area contributed by atoms with Crippen molar-refractivity contribution in [1.29, 1.82) is 0 Å². The predicted molar refractivity (Wildman–Crippen MR) is 77.6 cm³/mol. The Hall–Kier alpha value is -0.810. The number of amides is 2. The second kappa shape index (κ2) is 7.10. The Labute approximate surface area is 118 Å². The summed E-state index contributed by atoms with van der Waals surface area (Å²) >= 11 is 1.05. The summed E-state index contributed by atoms with van der Waals surface area (Å²) in [5.74, 6) is 0.645. The highest BCUT2D eigenvalue weighted by molar-refractivity contribution is 8.18. The standard InChI is InChI=1S/C14H22N2O2S/c15-9-10-16-13(17)12(19-14(16)18)8-4-7-11-5-2-1-3-6-11/h8,11H,1-7,9-10,15H2. The molecular weight excluding hydrogens is 260 g/mol. The largest absolute Gasteiger partial charge is 0.329 e. The topological polar surface area (TPSA) is 63.4 Å². The van der Waals surface area contributed by atoms with Gasteiger partial charge in [0, 0.05) is 13.1 Å². The molecule has 0 aromatic rings. The first-order valence-corrected chi connectivity index (χ1v) is 7.98. The van der Waals surface area contributed by atoms with Gasteiger partial charge in [-0.2, -0.15) is 0 Å². The van der Waals surface area contributed by atoms with Crippen LogP contribution in [0.2, 0.25) is 0 Å². The van der Waals surface area contributed by atoms with Crippen molar-refractivity contribution in [3.63, 3.8) is 0 Å². The van der Waals surface area contributed by atoms with Crippen molar-refractivity contribution in [2.75, 3.05) is 13.1 Å². The molecule has 106 valence electrons. The molecule has 2 fully saturated rings. The maximum atomic E-state index is 11.9.